The molecule has 2 nitrogen and oxygen atoms in total. The molecule has 0 radical (unpaired) electrons. The van der Waals surface area contributed by atoms with Crippen molar-refractivity contribution in [2.45, 2.75) is 51.2 Å². The van der Waals surface area contributed by atoms with Gasteiger partial charge < -0.3 is 10.1 Å². The van der Waals surface area contributed by atoms with Gasteiger partial charge in [-0.1, -0.05) is 24.6 Å². The van der Waals surface area contributed by atoms with Gasteiger partial charge in [0.1, 0.15) is 11.4 Å². The number of hydrogen-bond donors (Lipinski definition) is 1. The van der Waals surface area contributed by atoms with E-state index in [2.05, 4.69) is 44.4 Å². The summed E-state index contributed by atoms with van der Waals surface area (Å²) in [6.07, 6.45) is 4.93. The van der Waals surface area contributed by atoms with Crippen LogP contribution in [0.15, 0.2) is 18.2 Å². The molecule has 0 saturated heterocycles. The van der Waals surface area contributed by atoms with Gasteiger partial charge in [0.05, 0.1) is 0 Å². The Morgan fingerprint density at radius 1 is 1.39 bits per heavy atom. The van der Waals surface area contributed by atoms with Gasteiger partial charge in [-0.2, -0.15) is 0 Å². The monoisotopic (exact) mass is 245 g/mol. The van der Waals surface area contributed by atoms with Crippen molar-refractivity contribution in [2.75, 3.05) is 7.05 Å². The van der Waals surface area contributed by atoms with Crippen molar-refractivity contribution in [3.8, 4) is 5.75 Å². The summed E-state index contributed by atoms with van der Waals surface area (Å²) in [5.74, 6) is 1.77. The third-order valence-electron chi connectivity index (χ3n) is 4.89. The Bertz CT molecular complexity index is 456. The van der Waals surface area contributed by atoms with E-state index in [4.69, 9.17) is 4.74 Å². The number of ether oxygens (including phenoxy) is 1. The van der Waals surface area contributed by atoms with Crippen LogP contribution in [0.25, 0.3) is 0 Å². The molecule has 3 rings (SSSR count). The number of aryl methyl sites for hydroxylation is 1. The average Bonchev–Trinajstić information content (AvgIpc) is 2.70. The lowest BCUT2D eigenvalue weighted by Crippen LogP contribution is -2.45. The zero-order valence-corrected chi connectivity index (χ0v) is 11.6. The third kappa shape index (κ3) is 1.74. The summed E-state index contributed by atoms with van der Waals surface area (Å²) in [6, 6.07) is 7.02. The molecule has 0 bridgehead atoms. The molecule has 0 amide bonds. The van der Waals surface area contributed by atoms with Crippen LogP contribution in [0.5, 0.6) is 5.75 Å². The summed E-state index contributed by atoms with van der Waals surface area (Å²) in [5.41, 5.74) is 2.73. The second-order valence-electron chi connectivity index (χ2n) is 6.05. The molecule has 1 aromatic rings. The van der Waals surface area contributed by atoms with Crippen molar-refractivity contribution in [1.29, 1.82) is 0 Å². The van der Waals surface area contributed by atoms with Crippen molar-refractivity contribution in [3.63, 3.8) is 0 Å². The van der Waals surface area contributed by atoms with Gasteiger partial charge >= 0.3 is 0 Å². The number of hydrogen-bond acceptors (Lipinski definition) is 2. The minimum absolute atomic E-state index is 0.0793. The summed E-state index contributed by atoms with van der Waals surface area (Å²) >= 11 is 0. The fraction of sp³-hybridized carbons (Fsp3) is 0.625. The molecular weight excluding hydrogens is 222 g/mol. The molecule has 1 aliphatic carbocycles. The molecule has 1 saturated carbocycles. The Morgan fingerprint density at radius 3 is 2.89 bits per heavy atom. The van der Waals surface area contributed by atoms with Crippen molar-refractivity contribution in [1.82, 2.24) is 5.32 Å². The van der Waals surface area contributed by atoms with Crippen LogP contribution in [0, 0.1) is 12.8 Å². The third-order valence-corrected chi connectivity index (χ3v) is 4.89. The Hall–Kier alpha value is -1.02. The first-order valence-electron chi connectivity index (χ1n) is 7.11. The minimum Gasteiger partial charge on any atom is -0.487 e. The highest BCUT2D eigenvalue weighted by molar-refractivity contribution is 5.42. The average molecular weight is 245 g/mol. The minimum atomic E-state index is 0.0793. The highest BCUT2D eigenvalue weighted by Crippen LogP contribution is 2.49. The van der Waals surface area contributed by atoms with Crippen LogP contribution in [-0.2, 0) is 0 Å². The number of rotatable bonds is 1. The lowest BCUT2D eigenvalue weighted by atomic mass is 9.81. The van der Waals surface area contributed by atoms with Crippen LogP contribution in [0.2, 0.25) is 0 Å². The summed E-state index contributed by atoms with van der Waals surface area (Å²) in [6.45, 7) is 4.49. The van der Waals surface area contributed by atoms with Gasteiger partial charge in [-0.05, 0) is 45.2 Å². The van der Waals surface area contributed by atoms with Gasteiger partial charge in [-0.15, -0.1) is 0 Å². The molecular formula is C16H23NO. The predicted octanol–water partition coefficient (Wildman–Crippen LogP) is 3.60. The van der Waals surface area contributed by atoms with Crippen LogP contribution in [0.3, 0.4) is 0 Å². The second kappa shape index (κ2) is 4.27. The molecule has 18 heavy (non-hydrogen) atoms. The summed E-state index contributed by atoms with van der Waals surface area (Å²) < 4.78 is 6.44. The summed E-state index contributed by atoms with van der Waals surface area (Å²) in [7, 11) is 2.06. The number of benzene rings is 1. The Balaban J connectivity index is 2.02. The van der Waals surface area contributed by atoms with Crippen LogP contribution < -0.4 is 10.1 Å². The van der Waals surface area contributed by atoms with Crippen LogP contribution >= 0.6 is 0 Å². The molecule has 3 unspecified atom stereocenters. The fourth-order valence-electron chi connectivity index (χ4n) is 3.68. The van der Waals surface area contributed by atoms with E-state index in [1.165, 1.54) is 30.4 Å². The van der Waals surface area contributed by atoms with E-state index in [-0.39, 0.29) is 5.60 Å². The molecule has 1 aliphatic heterocycles. The van der Waals surface area contributed by atoms with Crippen LogP contribution in [0.1, 0.15) is 49.8 Å². The lowest BCUT2D eigenvalue weighted by molar-refractivity contribution is 0.00275. The number of fused-ring (bicyclic) bond motifs is 1. The SMILES string of the molecule is CNC1CC2(CCCC2C)Oc2ccc(C)cc21. The van der Waals surface area contributed by atoms with Crippen molar-refractivity contribution < 1.29 is 4.74 Å². The smallest absolute Gasteiger partial charge is 0.124 e. The van der Waals surface area contributed by atoms with Crippen molar-refractivity contribution in [2.24, 2.45) is 5.92 Å². The van der Waals surface area contributed by atoms with Gasteiger partial charge in [0.2, 0.25) is 0 Å². The van der Waals surface area contributed by atoms with Gasteiger partial charge in [0.25, 0.3) is 0 Å². The first-order chi connectivity index (χ1) is 8.64. The maximum Gasteiger partial charge on any atom is 0.124 e. The maximum atomic E-state index is 6.44. The first-order valence-corrected chi connectivity index (χ1v) is 7.11. The molecule has 1 fully saturated rings. The second-order valence-corrected chi connectivity index (χ2v) is 6.05. The van der Waals surface area contributed by atoms with E-state index >= 15 is 0 Å². The quantitative estimate of drug-likeness (QED) is 0.816. The van der Waals surface area contributed by atoms with E-state index in [9.17, 15) is 0 Å². The normalized spacial score (nSPS) is 34.4. The molecule has 3 atom stereocenters. The van der Waals surface area contributed by atoms with E-state index in [1.54, 1.807) is 0 Å². The molecule has 1 N–H and O–H groups in total. The van der Waals surface area contributed by atoms with Crippen LogP contribution in [0.4, 0.5) is 0 Å². The molecule has 1 spiro atoms. The standard InChI is InChI=1S/C16H23NO/c1-11-6-7-15-13(9-11)14(17-3)10-16(18-15)8-4-5-12(16)2/h6-7,9,12,14,17H,4-5,8,10H2,1-3H3. The van der Waals surface area contributed by atoms with Crippen LogP contribution in [-0.4, -0.2) is 12.6 Å². The molecule has 0 aromatic heterocycles. The van der Waals surface area contributed by atoms with E-state index in [0.717, 1.165) is 12.2 Å². The van der Waals surface area contributed by atoms with Crippen molar-refractivity contribution >= 4 is 0 Å². The number of nitrogens with one attached hydrogen (secondary N) is 1. The van der Waals surface area contributed by atoms with E-state index in [1.807, 2.05) is 0 Å². The predicted molar refractivity (Wildman–Crippen MR) is 74.0 cm³/mol. The zero-order chi connectivity index (χ0) is 12.8. The van der Waals surface area contributed by atoms with Gasteiger partial charge in [-0.25, -0.2) is 0 Å². The van der Waals surface area contributed by atoms with Gasteiger partial charge in [-0.3, -0.25) is 0 Å². The zero-order valence-electron chi connectivity index (χ0n) is 11.6. The van der Waals surface area contributed by atoms with E-state index < -0.39 is 0 Å². The highest BCUT2D eigenvalue weighted by Gasteiger charge is 2.47. The Morgan fingerprint density at radius 2 is 2.22 bits per heavy atom. The topological polar surface area (TPSA) is 21.3 Å². The van der Waals surface area contributed by atoms with Gasteiger partial charge in [0.15, 0.2) is 0 Å². The highest BCUT2D eigenvalue weighted by atomic mass is 16.5. The molecule has 2 aliphatic rings. The Labute approximate surface area is 110 Å². The maximum absolute atomic E-state index is 6.44. The largest absolute Gasteiger partial charge is 0.487 e. The van der Waals surface area contributed by atoms with Gasteiger partial charge in [0, 0.05) is 18.0 Å². The van der Waals surface area contributed by atoms with Crippen molar-refractivity contribution in [3.05, 3.63) is 29.3 Å². The fourth-order valence-corrected chi connectivity index (χ4v) is 3.68. The van der Waals surface area contributed by atoms with E-state index in [0.29, 0.717) is 12.0 Å². The molecule has 98 valence electrons. The first kappa shape index (κ1) is 12.0. The summed E-state index contributed by atoms with van der Waals surface area (Å²) in [5, 5.41) is 3.48. The lowest BCUT2D eigenvalue weighted by Gasteiger charge is -2.43. The summed E-state index contributed by atoms with van der Waals surface area (Å²) in [4.78, 5) is 0. The molecule has 2 heteroatoms. The molecule has 1 aromatic carbocycles. The Kier molecular flexibility index (Phi) is 2.86. The molecule has 1 heterocycles.